The summed E-state index contributed by atoms with van der Waals surface area (Å²) in [6.07, 6.45) is 1.60. The largest absolute Gasteiger partial charge is 0.390 e. The minimum absolute atomic E-state index is 0.000798. The Hall–Kier alpha value is -0.990. The Balaban J connectivity index is 2.91. The van der Waals surface area contributed by atoms with Gasteiger partial charge in [-0.05, 0) is 6.20 Å². The molecule has 3 nitrogen and oxygen atoms in total. The van der Waals surface area contributed by atoms with Crippen molar-refractivity contribution >= 4 is 5.91 Å². The van der Waals surface area contributed by atoms with Crippen LogP contribution in [0.15, 0.2) is 12.8 Å². The van der Waals surface area contributed by atoms with Gasteiger partial charge in [0.15, 0.2) is 0 Å². The Morgan fingerprint density at radius 3 is 2.78 bits per heavy atom. The number of carbonyl (C=O) groups is 1. The third-order valence-corrected chi connectivity index (χ3v) is 0.788. The maximum atomic E-state index is 10.2. The standard InChI is InChI=1S/C6H12N2O/c1-3-7-4-5-8-6(2)9/h3,7H,1,4-5H2,2H3,(H,8,9). The molecule has 0 saturated heterocycles. The van der Waals surface area contributed by atoms with E-state index < -0.39 is 0 Å². The van der Waals surface area contributed by atoms with Gasteiger partial charge in [0.05, 0.1) is 0 Å². The second-order valence-corrected chi connectivity index (χ2v) is 1.64. The maximum Gasteiger partial charge on any atom is 0.216 e. The lowest BCUT2D eigenvalue weighted by Gasteiger charge is -1.99. The fourth-order valence-electron chi connectivity index (χ4n) is 0.413. The molecule has 0 spiro atoms. The molecule has 0 rings (SSSR count). The normalized spacial score (nSPS) is 8.11. The topological polar surface area (TPSA) is 41.1 Å². The van der Waals surface area contributed by atoms with Gasteiger partial charge < -0.3 is 10.6 Å². The summed E-state index contributed by atoms with van der Waals surface area (Å²) in [6.45, 7) is 6.34. The summed E-state index contributed by atoms with van der Waals surface area (Å²) in [5.41, 5.74) is 0. The summed E-state index contributed by atoms with van der Waals surface area (Å²) < 4.78 is 0. The van der Waals surface area contributed by atoms with Gasteiger partial charge in [-0.3, -0.25) is 4.79 Å². The lowest BCUT2D eigenvalue weighted by atomic mass is 10.6. The molecule has 2 N–H and O–H groups in total. The van der Waals surface area contributed by atoms with Crippen molar-refractivity contribution in [2.75, 3.05) is 13.1 Å². The number of hydrogen-bond acceptors (Lipinski definition) is 2. The average molecular weight is 128 g/mol. The Labute approximate surface area is 55.1 Å². The van der Waals surface area contributed by atoms with Crippen LogP contribution in [0.5, 0.6) is 0 Å². The maximum absolute atomic E-state index is 10.2. The molecule has 0 radical (unpaired) electrons. The molecule has 0 aliphatic carbocycles. The monoisotopic (exact) mass is 128 g/mol. The predicted molar refractivity (Wildman–Crippen MR) is 36.9 cm³/mol. The third kappa shape index (κ3) is 7.01. The molecule has 9 heavy (non-hydrogen) atoms. The molecule has 0 aromatic carbocycles. The highest BCUT2D eigenvalue weighted by Gasteiger charge is 1.85. The Morgan fingerprint density at radius 1 is 1.67 bits per heavy atom. The van der Waals surface area contributed by atoms with E-state index in [0.29, 0.717) is 6.54 Å². The molecular weight excluding hydrogens is 116 g/mol. The number of carbonyl (C=O) groups excluding carboxylic acids is 1. The van der Waals surface area contributed by atoms with E-state index in [1.807, 2.05) is 0 Å². The Bertz CT molecular complexity index is 101. The predicted octanol–water partition coefficient (Wildman–Crippen LogP) is -0.144. The fourth-order valence-corrected chi connectivity index (χ4v) is 0.413. The van der Waals surface area contributed by atoms with Gasteiger partial charge in [0.1, 0.15) is 0 Å². The van der Waals surface area contributed by atoms with Crippen LogP contribution in [-0.4, -0.2) is 19.0 Å². The van der Waals surface area contributed by atoms with Gasteiger partial charge in [0.25, 0.3) is 0 Å². The highest BCUT2D eigenvalue weighted by molar-refractivity contribution is 5.72. The van der Waals surface area contributed by atoms with Gasteiger partial charge in [0.2, 0.25) is 5.91 Å². The molecular formula is C6H12N2O. The first-order valence-corrected chi connectivity index (χ1v) is 2.86. The lowest BCUT2D eigenvalue weighted by molar-refractivity contribution is -0.118. The number of amides is 1. The van der Waals surface area contributed by atoms with E-state index in [1.54, 1.807) is 6.20 Å². The van der Waals surface area contributed by atoms with Gasteiger partial charge in [-0.1, -0.05) is 6.58 Å². The van der Waals surface area contributed by atoms with Gasteiger partial charge in [-0.25, -0.2) is 0 Å². The van der Waals surface area contributed by atoms with E-state index in [-0.39, 0.29) is 5.91 Å². The molecule has 0 saturated carbocycles. The second kappa shape index (κ2) is 5.15. The zero-order chi connectivity index (χ0) is 7.11. The molecule has 0 unspecified atom stereocenters. The highest BCUT2D eigenvalue weighted by Crippen LogP contribution is 1.59. The van der Waals surface area contributed by atoms with Gasteiger partial charge in [-0.2, -0.15) is 0 Å². The number of rotatable bonds is 4. The molecule has 0 fully saturated rings. The van der Waals surface area contributed by atoms with Crippen molar-refractivity contribution in [3.63, 3.8) is 0 Å². The zero-order valence-electron chi connectivity index (χ0n) is 5.61. The molecule has 0 aliphatic heterocycles. The van der Waals surface area contributed by atoms with Crippen LogP contribution in [0.25, 0.3) is 0 Å². The Morgan fingerprint density at radius 2 is 2.33 bits per heavy atom. The van der Waals surface area contributed by atoms with Gasteiger partial charge >= 0.3 is 0 Å². The van der Waals surface area contributed by atoms with E-state index in [2.05, 4.69) is 17.2 Å². The van der Waals surface area contributed by atoms with Crippen LogP contribution in [0.3, 0.4) is 0 Å². The Kier molecular flexibility index (Phi) is 4.59. The van der Waals surface area contributed by atoms with Crippen molar-refractivity contribution in [2.45, 2.75) is 6.92 Å². The molecule has 52 valence electrons. The van der Waals surface area contributed by atoms with E-state index in [0.717, 1.165) is 6.54 Å². The smallest absolute Gasteiger partial charge is 0.216 e. The fraction of sp³-hybridized carbons (Fsp3) is 0.500. The summed E-state index contributed by atoms with van der Waals surface area (Å²) in [5.74, 6) is 0.000798. The lowest BCUT2D eigenvalue weighted by Crippen LogP contribution is -2.27. The zero-order valence-corrected chi connectivity index (χ0v) is 5.61. The van der Waals surface area contributed by atoms with Crippen molar-refractivity contribution in [3.05, 3.63) is 12.8 Å². The van der Waals surface area contributed by atoms with Crippen molar-refractivity contribution in [1.29, 1.82) is 0 Å². The number of nitrogens with one attached hydrogen (secondary N) is 2. The van der Waals surface area contributed by atoms with Gasteiger partial charge in [-0.15, -0.1) is 0 Å². The first-order valence-electron chi connectivity index (χ1n) is 2.86. The van der Waals surface area contributed by atoms with E-state index >= 15 is 0 Å². The summed E-state index contributed by atoms with van der Waals surface area (Å²) in [4.78, 5) is 10.2. The summed E-state index contributed by atoms with van der Waals surface area (Å²) in [7, 11) is 0. The minimum atomic E-state index is 0.000798. The molecule has 0 bridgehead atoms. The summed E-state index contributed by atoms with van der Waals surface area (Å²) in [5, 5.41) is 5.48. The molecule has 0 aliphatic rings. The van der Waals surface area contributed by atoms with Crippen molar-refractivity contribution in [3.8, 4) is 0 Å². The summed E-state index contributed by atoms with van der Waals surface area (Å²) >= 11 is 0. The van der Waals surface area contributed by atoms with Crippen molar-refractivity contribution < 1.29 is 4.79 Å². The van der Waals surface area contributed by atoms with Crippen LogP contribution in [0.1, 0.15) is 6.92 Å². The van der Waals surface area contributed by atoms with E-state index in [9.17, 15) is 4.79 Å². The van der Waals surface area contributed by atoms with Gasteiger partial charge in [0, 0.05) is 20.0 Å². The van der Waals surface area contributed by atoms with Crippen molar-refractivity contribution in [1.82, 2.24) is 10.6 Å². The van der Waals surface area contributed by atoms with Crippen molar-refractivity contribution in [2.24, 2.45) is 0 Å². The van der Waals surface area contributed by atoms with E-state index in [4.69, 9.17) is 0 Å². The molecule has 0 atom stereocenters. The first-order chi connectivity index (χ1) is 4.27. The third-order valence-electron chi connectivity index (χ3n) is 0.788. The van der Waals surface area contributed by atoms with Crippen LogP contribution in [0.2, 0.25) is 0 Å². The molecule has 0 aromatic heterocycles. The second-order valence-electron chi connectivity index (χ2n) is 1.64. The minimum Gasteiger partial charge on any atom is -0.390 e. The highest BCUT2D eigenvalue weighted by atomic mass is 16.1. The molecule has 0 heterocycles. The molecule has 3 heteroatoms. The van der Waals surface area contributed by atoms with Crippen LogP contribution in [0, 0.1) is 0 Å². The van der Waals surface area contributed by atoms with Crippen LogP contribution < -0.4 is 10.6 Å². The van der Waals surface area contributed by atoms with Crippen LogP contribution >= 0.6 is 0 Å². The average Bonchev–Trinajstić information content (AvgIpc) is 1.80. The van der Waals surface area contributed by atoms with E-state index in [1.165, 1.54) is 6.92 Å². The van der Waals surface area contributed by atoms with Crippen LogP contribution in [0.4, 0.5) is 0 Å². The summed E-state index contributed by atoms with van der Waals surface area (Å²) in [6, 6.07) is 0. The SMILES string of the molecule is C=CNCCNC(C)=O. The molecule has 1 amide bonds. The quantitative estimate of drug-likeness (QED) is 0.517. The number of hydrogen-bond donors (Lipinski definition) is 2. The first kappa shape index (κ1) is 8.01. The van der Waals surface area contributed by atoms with Crippen LogP contribution in [-0.2, 0) is 4.79 Å². The molecule has 0 aromatic rings.